The zero-order valence-electron chi connectivity index (χ0n) is 10.9. The SMILES string of the molecule is COc1cc(C)ccc1OCc1ccc(OO)cc1. The van der Waals surface area contributed by atoms with Crippen LogP contribution in [0, 0.1) is 6.92 Å². The van der Waals surface area contributed by atoms with Crippen molar-refractivity contribution in [3.63, 3.8) is 0 Å². The monoisotopic (exact) mass is 260 g/mol. The van der Waals surface area contributed by atoms with Crippen molar-refractivity contribution in [1.82, 2.24) is 0 Å². The number of ether oxygens (including phenoxy) is 2. The Balaban J connectivity index is 2.05. The average Bonchev–Trinajstić information content (AvgIpc) is 2.46. The molecule has 19 heavy (non-hydrogen) atoms. The fourth-order valence-corrected chi connectivity index (χ4v) is 1.70. The molecule has 0 aliphatic heterocycles. The maximum atomic E-state index is 8.48. The summed E-state index contributed by atoms with van der Waals surface area (Å²) in [7, 11) is 1.62. The number of hydrogen-bond donors (Lipinski definition) is 1. The van der Waals surface area contributed by atoms with Crippen LogP contribution in [-0.4, -0.2) is 12.4 Å². The summed E-state index contributed by atoms with van der Waals surface area (Å²) < 4.78 is 11.0. The van der Waals surface area contributed by atoms with Gasteiger partial charge >= 0.3 is 0 Å². The molecule has 2 aromatic rings. The van der Waals surface area contributed by atoms with Crippen LogP contribution in [0.4, 0.5) is 0 Å². The third kappa shape index (κ3) is 3.39. The predicted octanol–water partition coefficient (Wildman–Crippen LogP) is 3.43. The van der Waals surface area contributed by atoms with Gasteiger partial charge in [0.25, 0.3) is 0 Å². The van der Waals surface area contributed by atoms with Crippen LogP contribution < -0.4 is 14.4 Å². The highest BCUT2D eigenvalue weighted by Gasteiger charge is 2.04. The van der Waals surface area contributed by atoms with Crippen LogP contribution in [0.15, 0.2) is 42.5 Å². The third-order valence-corrected chi connectivity index (χ3v) is 2.74. The number of methoxy groups -OCH3 is 1. The molecule has 0 atom stereocenters. The van der Waals surface area contributed by atoms with E-state index in [0.29, 0.717) is 18.1 Å². The molecule has 0 aliphatic carbocycles. The molecule has 0 saturated carbocycles. The van der Waals surface area contributed by atoms with E-state index >= 15 is 0 Å². The van der Waals surface area contributed by atoms with E-state index < -0.39 is 0 Å². The Morgan fingerprint density at radius 3 is 2.37 bits per heavy atom. The molecule has 0 amide bonds. The summed E-state index contributed by atoms with van der Waals surface area (Å²) in [6.45, 7) is 2.42. The summed E-state index contributed by atoms with van der Waals surface area (Å²) >= 11 is 0. The minimum Gasteiger partial charge on any atom is -0.493 e. The molecule has 0 unspecified atom stereocenters. The second-order valence-electron chi connectivity index (χ2n) is 4.18. The van der Waals surface area contributed by atoms with E-state index in [1.165, 1.54) is 0 Å². The van der Waals surface area contributed by atoms with E-state index in [1.54, 1.807) is 19.2 Å². The smallest absolute Gasteiger partial charge is 0.165 e. The maximum Gasteiger partial charge on any atom is 0.165 e. The van der Waals surface area contributed by atoms with Gasteiger partial charge in [0.1, 0.15) is 6.61 Å². The van der Waals surface area contributed by atoms with Crippen LogP contribution >= 0.6 is 0 Å². The van der Waals surface area contributed by atoms with Gasteiger partial charge in [-0.05, 0) is 42.3 Å². The normalized spacial score (nSPS) is 10.1. The Morgan fingerprint density at radius 1 is 1.00 bits per heavy atom. The molecule has 0 spiro atoms. The Morgan fingerprint density at radius 2 is 1.74 bits per heavy atom. The lowest BCUT2D eigenvalue weighted by Crippen LogP contribution is -1.98. The van der Waals surface area contributed by atoms with Gasteiger partial charge in [0.2, 0.25) is 0 Å². The van der Waals surface area contributed by atoms with Crippen molar-refractivity contribution < 1.29 is 19.6 Å². The van der Waals surface area contributed by atoms with Crippen molar-refractivity contribution in [2.24, 2.45) is 0 Å². The van der Waals surface area contributed by atoms with Crippen LogP contribution in [0.25, 0.3) is 0 Å². The first-order valence-electron chi connectivity index (χ1n) is 5.90. The van der Waals surface area contributed by atoms with Crippen molar-refractivity contribution >= 4 is 0 Å². The first kappa shape index (κ1) is 13.2. The standard InChI is InChI=1S/C15H16O4/c1-11-3-8-14(15(9-11)17-2)18-10-12-4-6-13(19-16)7-5-12/h3-9,16H,10H2,1-2H3. The van der Waals surface area contributed by atoms with Crippen LogP contribution in [0.5, 0.6) is 17.2 Å². The van der Waals surface area contributed by atoms with Gasteiger partial charge in [-0.2, -0.15) is 0 Å². The number of aryl methyl sites for hydroxylation is 1. The van der Waals surface area contributed by atoms with E-state index in [-0.39, 0.29) is 0 Å². The predicted molar refractivity (Wildman–Crippen MR) is 71.8 cm³/mol. The first-order chi connectivity index (χ1) is 9.22. The molecule has 2 aromatic carbocycles. The van der Waals surface area contributed by atoms with Gasteiger partial charge in [-0.1, -0.05) is 18.2 Å². The Labute approximate surface area is 112 Å². The van der Waals surface area contributed by atoms with Gasteiger partial charge < -0.3 is 14.4 Å². The topological polar surface area (TPSA) is 47.9 Å². The van der Waals surface area contributed by atoms with Crippen LogP contribution in [0.1, 0.15) is 11.1 Å². The molecule has 0 aliphatic rings. The fraction of sp³-hybridized carbons (Fsp3) is 0.200. The summed E-state index contributed by atoms with van der Waals surface area (Å²) in [5.41, 5.74) is 2.09. The minimum atomic E-state index is 0.400. The average molecular weight is 260 g/mol. The summed E-state index contributed by atoms with van der Waals surface area (Å²) in [5.74, 6) is 1.82. The van der Waals surface area contributed by atoms with Gasteiger partial charge in [-0.3, -0.25) is 0 Å². The van der Waals surface area contributed by atoms with Crippen LogP contribution in [0.3, 0.4) is 0 Å². The summed E-state index contributed by atoms with van der Waals surface area (Å²) in [6.07, 6.45) is 0. The molecule has 0 fully saturated rings. The van der Waals surface area contributed by atoms with E-state index in [9.17, 15) is 0 Å². The molecular formula is C15H16O4. The summed E-state index contributed by atoms with van der Waals surface area (Å²) in [4.78, 5) is 4.12. The highest BCUT2D eigenvalue weighted by molar-refractivity contribution is 5.42. The highest BCUT2D eigenvalue weighted by Crippen LogP contribution is 2.28. The fourth-order valence-electron chi connectivity index (χ4n) is 1.70. The zero-order valence-corrected chi connectivity index (χ0v) is 10.9. The van der Waals surface area contributed by atoms with Crippen LogP contribution in [0.2, 0.25) is 0 Å². The Kier molecular flexibility index (Phi) is 4.26. The molecule has 0 bridgehead atoms. The summed E-state index contributed by atoms with van der Waals surface area (Å²) in [6, 6.07) is 12.8. The Bertz CT molecular complexity index is 534. The van der Waals surface area contributed by atoms with E-state index in [2.05, 4.69) is 4.89 Å². The van der Waals surface area contributed by atoms with E-state index in [1.807, 2.05) is 37.3 Å². The Hall–Kier alpha value is -2.20. The lowest BCUT2D eigenvalue weighted by Gasteiger charge is -2.11. The van der Waals surface area contributed by atoms with Gasteiger partial charge in [0.05, 0.1) is 7.11 Å². The first-order valence-corrected chi connectivity index (χ1v) is 5.90. The van der Waals surface area contributed by atoms with Gasteiger partial charge in [0, 0.05) is 0 Å². The van der Waals surface area contributed by atoms with Crippen molar-refractivity contribution in [1.29, 1.82) is 0 Å². The molecule has 2 rings (SSSR count). The number of rotatable bonds is 5. The highest BCUT2D eigenvalue weighted by atomic mass is 17.1. The molecular weight excluding hydrogens is 244 g/mol. The summed E-state index contributed by atoms with van der Waals surface area (Å²) in [5, 5.41) is 8.48. The van der Waals surface area contributed by atoms with Gasteiger partial charge in [0.15, 0.2) is 17.2 Å². The van der Waals surface area contributed by atoms with E-state index in [4.69, 9.17) is 14.7 Å². The second kappa shape index (κ2) is 6.11. The molecule has 0 radical (unpaired) electrons. The molecule has 4 heteroatoms. The zero-order chi connectivity index (χ0) is 13.7. The lowest BCUT2D eigenvalue weighted by atomic mass is 10.2. The van der Waals surface area contributed by atoms with Crippen molar-refractivity contribution in [2.45, 2.75) is 13.5 Å². The molecule has 0 heterocycles. The van der Waals surface area contributed by atoms with Gasteiger partial charge in [-0.25, -0.2) is 5.26 Å². The minimum absolute atomic E-state index is 0.400. The van der Waals surface area contributed by atoms with Crippen LogP contribution in [-0.2, 0) is 6.61 Å². The molecule has 1 N–H and O–H groups in total. The largest absolute Gasteiger partial charge is 0.493 e. The lowest BCUT2D eigenvalue weighted by molar-refractivity contribution is -0.137. The maximum absolute atomic E-state index is 8.48. The molecule has 0 saturated heterocycles. The quantitative estimate of drug-likeness (QED) is 0.661. The second-order valence-corrected chi connectivity index (χ2v) is 4.18. The van der Waals surface area contributed by atoms with Crippen molar-refractivity contribution in [3.05, 3.63) is 53.6 Å². The molecule has 100 valence electrons. The third-order valence-electron chi connectivity index (χ3n) is 2.74. The van der Waals surface area contributed by atoms with Crippen molar-refractivity contribution in [2.75, 3.05) is 7.11 Å². The molecule has 4 nitrogen and oxygen atoms in total. The van der Waals surface area contributed by atoms with Crippen molar-refractivity contribution in [3.8, 4) is 17.2 Å². The number of benzene rings is 2. The number of hydrogen-bond acceptors (Lipinski definition) is 4. The van der Waals surface area contributed by atoms with E-state index in [0.717, 1.165) is 16.9 Å². The molecule has 0 aromatic heterocycles. The van der Waals surface area contributed by atoms with Gasteiger partial charge in [-0.15, -0.1) is 0 Å².